The van der Waals surface area contributed by atoms with Gasteiger partial charge in [0.05, 0.1) is 12.3 Å². The molecule has 2 aromatic carbocycles. The first-order valence-electron chi connectivity index (χ1n) is 8.98. The van der Waals surface area contributed by atoms with Crippen LogP contribution in [0.15, 0.2) is 51.8 Å². The molecule has 154 valence electrons. The monoisotopic (exact) mass is 478 g/mol. The molecule has 0 aliphatic heterocycles. The van der Waals surface area contributed by atoms with Crippen LogP contribution in [0.2, 0.25) is 0 Å². The van der Waals surface area contributed by atoms with Gasteiger partial charge in [-0.05, 0) is 56.2 Å². The fraction of sp³-hybridized carbons (Fsp3) is 0.286. The summed E-state index contributed by atoms with van der Waals surface area (Å²) in [6.07, 6.45) is -0.985. The molecule has 29 heavy (non-hydrogen) atoms. The third-order valence-corrected chi connectivity index (χ3v) is 5.53. The molecule has 0 radical (unpaired) electrons. The van der Waals surface area contributed by atoms with E-state index >= 15 is 0 Å². The van der Waals surface area contributed by atoms with E-state index in [9.17, 15) is 14.4 Å². The molecule has 0 aliphatic carbocycles. The van der Waals surface area contributed by atoms with Crippen molar-refractivity contribution in [1.82, 2.24) is 5.32 Å². The summed E-state index contributed by atoms with van der Waals surface area (Å²) in [6, 6.07) is 13.2. The minimum atomic E-state index is -0.985. The van der Waals surface area contributed by atoms with Crippen molar-refractivity contribution in [2.75, 3.05) is 17.6 Å². The van der Waals surface area contributed by atoms with E-state index in [4.69, 9.17) is 4.74 Å². The molecule has 0 saturated heterocycles. The van der Waals surface area contributed by atoms with Crippen molar-refractivity contribution in [3.63, 3.8) is 0 Å². The number of amides is 2. The van der Waals surface area contributed by atoms with Crippen LogP contribution in [0.5, 0.6) is 0 Å². The molecule has 0 saturated carbocycles. The number of thioether (sulfide) groups is 1. The molecule has 0 bridgehead atoms. The van der Waals surface area contributed by atoms with Crippen LogP contribution in [0, 0.1) is 13.8 Å². The smallest absolute Gasteiger partial charge is 0.317 e. The van der Waals surface area contributed by atoms with Gasteiger partial charge in [0.2, 0.25) is 5.91 Å². The van der Waals surface area contributed by atoms with E-state index < -0.39 is 18.0 Å². The van der Waals surface area contributed by atoms with Crippen LogP contribution >= 0.6 is 27.7 Å². The summed E-state index contributed by atoms with van der Waals surface area (Å²) >= 11 is 4.67. The van der Waals surface area contributed by atoms with Gasteiger partial charge in [-0.2, -0.15) is 0 Å². The van der Waals surface area contributed by atoms with Gasteiger partial charge in [-0.15, -0.1) is 11.8 Å². The van der Waals surface area contributed by atoms with Crippen LogP contribution in [0.1, 0.15) is 18.1 Å². The molecule has 0 spiro atoms. The SMILES string of the molecule is Cc1cccc(C)c1NC(=O)CNC(=O)C(C)OC(=O)CSc1ccc(Br)cc1. The normalized spacial score (nSPS) is 11.4. The van der Waals surface area contributed by atoms with E-state index in [1.54, 1.807) is 0 Å². The Kier molecular flexibility index (Phi) is 8.72. The lowest BCUT2D eigenvalue weighted by Gasteiger charge is -2.14. The molecule has 6 nitrogen and oxygen atoms in total. The fourth-order valence-electron chi connectivity index (χ4n) is 2.46. The number of anilines is 1. The third-order valence-electron chi connectivity index (χ3n) is 4.02. The zero-order valence-corrected chi connectivity index (χ0v) is 18.9. The van der Waals surface area contributed by atoms with Gasteiger partial charge in [0.15, 0.2) is 6.10 Å². The predicted octanol–water partition coefficient (Wildman–Crippen LogP) is 3.84. The molecule has 2 amide bonds. The fourth-order valence-corrected chi connectivity index (χ4v) is 3.41. The van der Waals surface area contributed by atoms with Crippen molar-refractivity contribution in [2.45, 2.75) is 31.8 Å². The van der Waals surface area contributed by atoms with Gasteiger partial charge in [-0.25, -0.2) is 0 Å². The van der Waals surface area contributed by atoms with Crippen molar-refractivity contribution in [2.24, 2.45) is 0 Å². The van der Waals surface area contributed by atoms with Crippen LogP contribution in [-0.2, 0) is 19.1 Å². The Hall–Kier alpha value is -2.32. The number of hydrogen-bond acceptors (Lipinski definition) is 5. The van der Waals surface area contributed by atoms with Crippen molar-refractivity contribution in [3.8, 4) is 0 Å². The number of carbonyl (C=O) groups is 3. The Balaban J connectivity index is 1.74. The van der Waals surface area contributed by atoms with E-state index in [0.717, 1.165) is 26.2 Å². The second kappa shape index (κ2) is 11.0. The topological polar surface area (TPSA) is 84.5 Å². The van der Waals surface area contributed by atoms with E-state index in [1.165, 1.54) is 18.7 Å². The maximum absolute atomic E-state index is 12.1. The minimum absolute atomic E-state index is 0.0896. The van der Waals surface area contributed by atoms with Crippen LogP contribution in [-0.4, -0.2) is 36.2 Å². The predicted molar refractivity (Wildman–Crippen MR) is 118 cm³/mol. The summed E-state index contributed by atoms with van der Waals surface area (Å²) in [5.74, 6) is -1.28. The first kappa shape index (κ1) is 23.0. The van der Waals surface area contributed by atoms with Crippen molar-refractivity contribution in [3.05, 3.63) is 58.1 Å². The van der Waals surface area contributed by atoms with Gasteiger partial charge < -0.3 is 15.4 Å². The first-order valence-corrected chi connectivity index (χ1v) is 10.8. The highest BCUT2D eigenvalue weighted by molar-refractivity contribution is 9.10. The van der Waals surface area contributed by atoms with E-state index in [2.05, 4.69) is 26.6 Å². The molecule has 0 fully saturated rings. The lowest BCUT2D eigenvalue weighted by molar-refractivity contribution is -0.152. The quantitative estimate of drug-likeness (QED) is 0.444. The zero-order chi connectivity index (χ0) is 21.4. The molecule has 2 N–H and O–H groups in total. The molecular weight excluding hydrogens is 456 g/mol. The number of aryl methyl sites for hydroxylation is 2. The summed E-state index contributed by atoms with van der Waals surface area (Å²) in [4.78, 5) is 37.1. The second-order valence-corrected chi connectivity index (χ2v) is 8.37. The summed E-state index contributed by atoms with van der Waals surface area (Å²) in [5.41, 5.74) is 2.61. The van der Waals surface area contributed by atoms with Crippen molar-refractivity contribution >= 4 is 51.2 Å². The molecular formula is C21H23BrN2O4S. The highest BCUT2D eigenvalue weighted by Gasteiger charge is 2.19. The summed E-state index contributed by atoms with van der Waals surface area (Å²) in [6.45, 7) is 5.06. The van der Waals surface area contributed by atoms with E-state index in [-0.39, 0.29) is 18.2 Å². The molecule has 2 rings (SSSR count). The number of ether oxygens (including phenoxy) is 1. The first-order chi connectivity index (χ1) is 13.8. The standard InChI is InChI=1S/C21H23BrN2O4S/c1-13-5-4-6-14(2)20(13)24-18(25)11-23-21(27)15(3)28-19(26)12-29-17-9-7-16(22)8-10-17/h4-10,15H,11-12H2,1-3H3,(H,23,27)(H,24,25). The lowest BCUT2D eigenvalue weighted by Crippen LogP contribution is -2.40. The average molecular weight is 479 g/mol. The molecule has 1 atom stereocenters. The van der Waals surface area contributed by atoms with Gasteiger partial charge in [-0.3, -0.25) is 14.4 Å². The van der Waals surface area contributed by atoms with Crippen molar-refractivity contribution in [1.29, 1.82) is 0 Å². The minimum Gasteiger partial charge on any atom is -0.452 e. The highest BCUT2D eigenvalue weighted by atomic mass is 79.9. The van der Waals surface area contributed by atoms with Gasteiger partial charge in [0.25, 0.3) is 5.91 Å². The number of para-hydroxylation sites is 1. The Morgan fingerprint density at radius 3 is 2.31 bits per heavy atom. The molecule has 0 heterocycles. The number of halogens is 1. The summed E-state index contributed by atoms with van der Waals surface area (Å²) in [5, 5.41) is 5.27. The van der Waals surface area contributed by atoms with Crippen LogP contribution in [0.25, 0.3) is 0 Å². The zero-order valence-electron chi connectivity index (χ0n) is 16.5. The number of rotatable bonds is 8. The maximum Gasteiger partial charge on any atom is 0.317 e. The molecule has 0 aromatic heterocycles. The summed E-state index contributed by atoms with van der Waals surface area (Å²) < 4.78 is 6.09. The number of carbonyl (C=O) groups excluding carboxylic acids is 3. The van der Waals surface area contributed by atoms with Gasteiger partial charge in [0, 0.05) is 15.1 Å². The van der Waals surface area contributed by atoms with E-state index in [1.807, 2.05) is 56.3 Å². The molecule has 8 heteroatoms. The third kappa shape index (κ3) is 7.55. The van der Waals surface area contributed by atoms with Crippen LogP contribution in [0.4, 0.5) is 5.69 Å². The highest BCUT2D eigenvalue weighted by Crippen LogP contribution is 2.21. The number of hydrogen-bond donors (Lipinski definition) is 2. The molecule has 2 aromatic rings. The van der Waals surface area contributed by atoms with E-state index in [0.29, 0.717) is 0 Å². The van der Waals surface area contributed by atoms with Gasteiger partial charge in [0.1, 0.15) is 0 Å². The second-order valence-electron chi connectivity index (χ2n) is 6.41. The average Bonchev–Trinajstić information content (AvgIpc) is 2.68. The Bertz CT molecular complexity index is 866. The number of esters is 1. The number of nitrogens with one attached hydrogen (secondary N) is 2. The Morgan fingerprint density at radius 1 is 1.07 bits per heavy atom. The van der Waals surface area contributed by atoms with Crippen molar-refractivity contribution < 1.29 is 19.1 Å². The molecule has 1 unspecified atom stereocenters. The lowest BCUT2D eigenvalue weighted by atomic mass is 10.1. The van der Waals surface area contributed by atoms with Crippen LogP contribution in [0.3, 0.4) is 0 Å². The van der Waals surface area contributed by atoms with Crippen LogP contribution < -0.4 is 10.6 Å². The van der Waals surface area contributed by atoms with Gasteiger partial charge in [-0.1, -0.05) is 34.1 Å². The molecule has 0 aliphatic rings. The Labute approximate surface area is 182 Å². The number of benzene rings is 2. The largest absolute Gasteiger partial charge is 0.452 e. The summed E-state index contributed by atoms with van der Waals surface area (Å²) in [7, 11) is 0. The Morgan fingerprint density at radius 2 is 1.69 bits per heavy atom. The maximum atomic E-state index is 12.1. The van der Waals surface area contributed by atoms with Gasteiger partial charge >= 0.3 is 5.97 Å².